The molecule has 2 aliphatic heterocycles. The molecule has 6 nitrogen and oxygen atoms in total. The third kappa shape index (κ3) is 3.46. The fraction of sp³-hybridized carbons (Fsp3) is 0.211. The van der Waals surface area contributed by atoms with Gasteiger partial charge >= 0.3 is 0 Å². The molecule has 0 spiro atoms. The van der Waals surface area contributed by atoms with Gasteiger partial charge in [0.15, 0.2) is 11.3 Å². The average Bonchev–Trinajstić information content (AvgIpc) is 2.68. The zero-order valence-electron chi connectivity index (χ0n) is 15.1. The highest BCUT2D eigenvalue weighted by molar-refractivity contribution is 9.10. The van der Waals surface area contributed by atoms with Gasteiger partial charge in [-0.05, 0) is 49.6 Å². The Morgan fingerprint density at radius 3 is 2.82 bits per heavy atom. The van der Waals surface area contributed by atoms with Crippen LogP contribution in [0.3, 0.4) is 0 Å². The summed E-state index contributed by atoms with van der Waals surface area (Å²) in [5.74, 6) is 0.547. The third-order valence-electron chi connectivity index (χ3n) is 4.32. The molecular weight excluding hydrogens is 508 g/mol. The number of nitrogens with zero attached hydrogens (tertiary/aromatic N) is 3. The number of hydrogen-bond donors (Lipinski definition) is 1. The van der Waals surface area contributed by atoms with Crippen molar-refractivity contribution in [3.63, 3.8) is 0 Å². The lowest BCUT2D eigenvalue weighted by Gasteiger charge is -2.34. The smallest absolute Gasteiger partial charge is 0.276 e. The molecule has 9 heteroatoms. The highest BCUT2D eigenvalue weighted by Gasteiger charge is 2.35. The number of halogens is 2. The predicted molar refractivity (Wildman–Crippen MR) is 117 cm³/mol. The molecule has 2 aromatic carbocycles. The topological polar surface area (TPSA) is 66.3 Å². The first kappa shape index (κ1) is 19.5. The predicted octanol–water partition coefficient (Wildman–Crippen LogP) is 3.12. The van der Waals surface area contributed by atoms with Gasteiger partial charge in [0.1, 0.15) is 11.4 Å². The molecule has 1 N–H and O–H groups in total. The standard InChI is InChI=1S/C19H16Br2N4O2S/c1-3-27-11-5-6-14(21)12(9-11)17-22-15-7-4-10(20)8-13(15)16-18(26)23-19(28-2)24-25(16)17/h4-9,17H,3H2,1-2H3,(H,23,24,26). The van der Waals surface area contributed by atoms with Crippen molar-refractivity contribution in [2.45, 2.75) is 13.1 Å². The van der Waals surface area contributed by atoms with Gasteiger partial charge in [0.25, 0.3) is 5.91 Å². The summed E-state index contributed by atoms with van der Waals surface area (Å²) in [6.45, 7) is 2.51. The number of carbonyl (C=O) groups excluding carboxylic acids is 1. The van der Waals surface area contributed by atoms with Crippen LogP contribution < -0.4 is 20.6 Å². The summed E-state index contributed by atoms with van der Waals surface area (Å²) in [4.78, 5) is 17.8. The molecule has 144 valence electrons. The fourth-order valence-corrected chi connectivity index (χ4v) is 4.30. The van der Waals surface area contributed by atoms with Gasteiger partial charge < -0.3 is 4.74 Å². The van der Waals surface area contributed by atoms with Crippen LogP contribution in [-0.4, -0.2) is 28.9 Å². The summed E-state index contributed by atoms with van der Waals surface area (Å²) in [6.07, 6.45) is 1.38. The normalized spacial score (nSPS) is 17.9. The second-order valence-corrected chi connectivity index (χ2v) is 8.60. The van der Waals surface area contributed by atoms with Gasteiger partial charge in [-0.1, -0.05) is 43.6 Å². The number of ether oxygens (including phenoxy) is 1. The number of thioether (sulfide) groups is 1. The Balaban J connectivity index is 1.98. The Morgan fingerprint density at radius 2 is 2.07 bits per heavy atom. The van der Waals surface area contributed by atoms with Crippen LogP contribution in [0, 0.1) is 0 Å². The van der Waals surface area contributed by atoms with Crippen molar-refractivity contribution in [1.82, 2.24) is 10.3 Å². The van der Waals surface area contributed by atoms with Gasteiger partial charge in [-0.15, -0.1) is 5.10 Å². The monoisotopic (exact) mass is 522 g/mol. The van der Waals surface area contributed by atoms with E-state index in [0.29, 0.717) is 17.5 Å². The van der Waals surface area contributed by atoms with E-state index in [9.17, 15) is 4.79 Å². The third-order valence-corrected chi connectivity index (χ3v) is 6.11. The molecular formula is C19H16Br2N4O2S. The minimum Gasteiger partial charge on any atom is -0.494 e. The van der Waals surface area contributed by atoms with Crippen molar-refractivity contribution < 1.29 is 9.53 Å². The Labute approximate surface area is 183 Å². The average molecular weight is 524 g/mol. The maximum absolute atomic E-state index is 12.9. The Kier molecular flexibility index (Phi) is 5.48. The molecule has 0 saturated carbocycles. The van der Waals surface area contributed by atoms with Crippen molar-refractivity contribution >= 4 is 60.4 Å². The number of benzene rings is 2. The molecule has 1 unspecified atom stereocenters. The molecule has 0 aromatic heterocycles. The first-order valence-corrected chi connectivity index (χ1v) is 11.4. The number of amidine groups is 1. The van der Waals surface area contributed by atoms with E-state index in [1.165, 1.54) is 11.8 Å². The maximum Gasteiger partial charge on any atom is 0.276 e. The second-order valence-electron chi connectivity index (χ2n) is 6.04. The molecule has 2 aromatic rings. The molecule has 0 bridgehead atoms. The summed E-state index contributed by atoms with van der Waals surface area (Å²) < 4.78 is 7.41. The van der Waals surface area contributed by atoms with Crippen molar-refractivity contribution in [2.75, 3.05) is 12.9 Å². The number of hydrazone groups is 1. The van der Waals surface area contributed by atoms with E-state index in [1.54, 1.807) is 5.01 Å². The molecule has 2 heterocycles. The van der Waals surface area contributed by atoms with Crippen LogP contribution >= 0.6 is 43.6 Å². The van der Waals surface area contributed by atoms with E-state index in [-0.39, 0.29) is 5.91 Å². The molecule has 0 radical (unpaired) electrons. The first-order valence-electron chi connectivity index (χ1n) is 8.55. The van der Waals surface area contributed by atoms with E-state index in [2.05, 4.69) is 42.3 Å². The number of carbonyl (C=O) groups is 1. The number of amides is 1. The summed E-state index contributed by atoms with van der Waals surface area (Å²) in [5.41, 5.74) is 1.35. The minimum atomic E-state index is -0.494. The SMILES string of the molecule is CCOc1ccc(Br)c(C2N=c3ccc(Br)cc3=C3C(=O)NC(SC)=NN32)c1. The molecule has 4 rings (SSSR count). The first-order chi connectivity index (χ1) is 13.5. The highest BCUT2D eigenvalue weighted by atomic mass is 79.9. The number of rotatable bonds is 3. The quantitative estimate of drug-likeness (QED) is 0.671. The zero-order chi connectivity index (χ0) is 19.8. The summed E-state index contributed by atoms with van der Waals surface area (Å²) in [5, 5.41) is 11.2. The summed E-state index contributed by atoms with van der Waals surface area (Å²) in [6, 6.07) is 11.5. The van der Waals surface area contributed by atoms with Crippen LogP contribution in [0.5, 0.6) is 5.75 Å². The van der Waals surface area contributed by atoms with E-state index in [4.69, 9.17) is 9.73 Å². The van der Waals surface area contributed by atoms with Gasteiger partial charge in [-0.25, -0.2) is 5.01 Å². The van der Waals surface area contributed by atoms with Gasteiger partial charge in [0, 0.05) is 19.7 Å². The van der Waals surface area contributed by atoms with E-state index in [1.807, 2.05) is 49.6 Å². The van der Waals surface area contributed by atoms with Crippen molar-refractivity contribution in [3.8, 4) is 5.75 Å². The van der Waals surface area contributed by atoms with E-state index in [0.717, 1.165) is 30.8 Å². The van der Waals surface area contributed by atoms with Crippen molar-refractivity contribution in [2.24, 2.45) is 10.1 Å². The molecule has 1 atom stereocenters. The fourth-order valence-electron chi connectivity index (χ4n) is 3.12. The Hall–Kier alpha value is -1.84. The van der Waals surface area contributed by atoms with Gasteiger partial charge in [0.05, 0.1) is 12.0 Å². The van der Waals surface area contributed by atoms with Crippen LogP contribution in [0.4, 0.5) is 0 Å². The van der Waals surface area contributed by atoms with Crippen LogP contribution in [0.15, 0.2) is 55.4 Å². The molecule has 2 aliphatic rings. The zero-order valence-corrected chi connectivity index (χ0v) is 19.1. The summed E-state index contributed by atoms with van der Waals surface area (Å²) >= 11 is 8.48. The van der Waals surface area contributed by atoms with E-state index >= 15 is 0 Å². The second kappa shape index (κ2) is 7.88. The van der Waals surface area contributed by atoms with Gasteiger partial charge in [0.2, 0.25) is 0 Å². The largest absolute Gasteiger partial charge is 0.494 e. The molecule has 28 heavy (non-hydrogen) atoms. The lowest BCUT2D eigenvalue weighted by atomic mass is 10.1. The Morgan fingerprint density at radius 1 is 1.25 bits per heavy atom. The van der Waals surface area contributed by atoms with Crippen LogP contribution in [-0.2, 0) is 4.79 Å². The van der Waals surface area contributed by atoms with Crippen LogP contribution in [0.1, 0.15) is 18.7 Å². The molecule has 0 fully saturated rings. The Bertz CT molecular complexity index is 1120. The van der Waals surface area contributed by atoms with Crippen molar-refractivity contribution in [1.29, 1.82) is 0 Å². The van der Waals surface area contributed by atoms with Crippen LogP contribution in [0.25, 0.3) is 5.70 Å². The summed E-state index contributed by atoms with van der Waals surface area (Å²) in [7, 11) is 0. The minimum absolute atomic E-state index is 0.198. The number of hydrogen-bond acceptors (Lipinski definition) is 6. The van der Waals surface area contributed by atoms with Gasteiger partial charge in [-0.3, -0.25) is 15.1 Å². The number of fused-ring (bicyclic) bond motifs is 2. The highest BCUT2D eigenvalue weighted by Crippen LogP contribution is 2.36. The lowest BCUT2D eigenvalue weighted by Crippen LogP contribution is -2.50. The number of nitrogens with one attached hydrogen (secondary N) is 1. The molecule has 0 aliphatic carbocycles. The molecule has 1 amide bonds. The van der Waals surface area contributed by atoms with Crippen LogP contribution in [0.2, 0.25) is 0 Å². The van der Waals surface area contributed by atoms with Crippen molar-refractivity contribution in [3.05, 3.63) is 61.5 Å². The maximum atomic E-state index is 12.9. The van der Waals surface area contributed by atoms with Gasteiger partial charge in [-0.2, -0.15) is 0 Å². The lowest BCUT2D eigenvalue weighted by molar-refractivity contribution is -0.116. The van der Waals surface area contributed by atoms with E-state index < -0.39 is 6.17 Å². The molecule has 0 saturated heterocycles.